The molecule has 1 aromatic carbocycles. The molecule has 0 saturated carbocycles. The second-order valence-electron chi connectivity index (χ2n) is 5.20. The molecule has 0 spiro atoms. The van der Waals surface area contributed by atoms with Gasteiger partial charge in [0.15, 0.2) is 0 Å². The van der Waals surface area contributed by atoms with Crippen molar-refractivity contribution >= 4 is 29.0 Å². The summed E-state index contributed by atoms with van der Waals surface area (Å²) >= 11 is 12.2. The van der Waals surface area contributed by atoms with Crippen LogP contribution in [-0.4, -0.2) is 18.9 Å². The van der Waals surface area contributed by atoms with Crippen LogP contribution in [0.4, 0.5) is 0 Å². The Morgan fingerprint density at radius 2 is 2.00 bits per heavy atom. The molecular weight excluding hydrogens is 281 g/mol. The molecule has 1 heterocycles. The lowest BCUT2D eigenvalue weighted by atomic mass is 9.72. The van der Waals surface area contributed by atoms with Crippen molar-refractivity contribution in [1.29, 1.82) is 0 Å². The number of nitrogens with one attached hydrogen (secondary N) is 1. The lowest BCUT2D eigenvalue weighted by Gasteiger charge is -2.35. The van der Waals surface area contributed by atoms with Crippen molar-refractivity contribution < 1.29 is 4.79 Å². The Morgan fingerprint density at radius 1 is 1.32 bits per heavy atom. The molecule has 0 bridgehead atoms. The molecule has 0 amide bonds. The standard InChI is InChI=1S/C15H19Cl2NO/c1-2-15(6-8-18-9-7-15)13(19)10-11-4-3-5-12(16)14(11)17/h3-5,18H,2,6-10H2,1H3. The zero-order valence-corrected chi connectivity index (χ0v) is 12.7. The van der Waals surface area contributed by atoms with Crippen molar-refractivity contribution in [3.05, 3.63) is 33.8 Å². The third-order valence-electron chi connectivity index (χ3n) is 4.21. The van der Waals surface area contributed by atoms with Gasteiger partial charge in [-0.1, -0.05) is 42.3 Å². The van der Waals surface area contributed by atoms with Gasteiger partial charge in [0, 0.05) is 11.8 Å². The van der Waals surface area contributed by atoms with Crippen LogP contribution in [0.1, 0.15) is 31.7 Å². The minimum absolute atomic E-state index is 0.184. The maximum absolute atomic E-state index is 12.7. The van der Waals surface area contributed by atoms with Gasteiger partial charge in [0.2, 0.25) is 0 Å². The van der Waals surface area contributed by atoms with Crippen LogP contribution in [0, 0.1) is 5.41 Å². The highest BCUT2D eigenvalue weighted by Gasteiger charge is 2.37. The minimum Gasteiger partial charge on any atom is -0.317 e. The zero-order chi connectivity index (χ0) is 13.9. The molecule has 104 valence electrons. The van der Waals surface area contributed by atoms with Crippen LogP contribution in [0.15, 0.2) is 18.2 Å². The lowest BCUT2D eigenvalue weighted by molar-refractivity contribution is -0.129. The Bertz CT molecular complexity index is 467. The molecule has 0 unspecified atom stereocenters. The van der Waals surface area contributed by atoms with E-state index in [-0.39, 0.29) is 5.41 Å². The van der Waals surface area contributed by atoms with Gasteiger partial charge in [0.25, 0.3) is 0 Å². The monoisotopic (exact) mass is 299 g/mol. The average molecular weight is 300 g/mol. The van der Waals surface area contributed by atoms with Crippen LogP contribution in [-0.2, 0) is 11.2 Å². The van der Waals surface area contributed by atoms with E-state index in [1.807, 2.05) is 12.1 Å². The first kappa shape index (κ1) is 14.8. The van der Waals surface area contributed by atoms with Gasteiger partial charge in [-0.3, -0.25) is 4.79 Å². The number of benzene rings is 1. The summed E-state index contributed by atoms with van der Waals surface area (Å²) in [6.07, 6.45) is 3.11. The Balaban J connectivity index is 2.17. The Hall–Kier alpha value is -0.570. The minimum atomic E-state index is -0.184. The maximum Gasteiger partial charge on any atom is 0.143 e. The first-order valence-corrected chi connectivity index (χ1v) is 7.51. The molecule has 0 radical (unpaired) electrons. The van der Waals surface area contributed by atoms with Gasteiger partial charge in [-0.2, -0.15) is 0 Å². The van der Waals surface area contributed by atoms with Gasteiger partial charge in [-0.05, 0) is 44.0 Å². The molecule has 1 aromatic rings. The molecule has 1 fully saturated rings. The summed E-state index contributed by atoms with van der Waals surface area (Å²) in [6, 6.07) is 5.48. The highest BCUT2D eigenvalue weighted by molar-refractivity contribution is 6.42. The van der Waals surface area contributed by atoms with Gasteiger partial charge >= 0.3 is 0 Å². The Labute approximate surface area is 124 Å². The maximum atomic E-state index is 12.7. The molecule has 0 atom stereocenters. The highest BCUT2D eigenvalue weighted by Crippen LogP contribution is 2.36. The van der Waals surface area contributed by atoms with Crippen LogP contribution >= 0.6 is 23.2 Å². The van der Waals surface area contributed by atoms with Gasteiger partial charge in [0.1, 0.15) is 5.78 Å². The van der Waals surface area contributed by atoms with E-state index in [0.717, 1.165) is 37.9 Å². The number of carbonyl (C=O) groups excluding carboxylic acids is 1. The second kappa shape index (κ2) is 6.25. The van der Waals surface area contributed by atoms with Gasteiger partial charge in [-0.25, -0.2) is 0 Å². The summed E-state index contributed by atoms with van der Waals surface area (Å²) in [5, 5.41) is 4.34. The van der Waals surface area contributed by atoms with Crippen molar-refractivity contribution in [3.8, 4) is 0 Å². The molecule has 0 aliphatic carbocycles. The van der Waals surface area contributed by atoms with Crippen LogP contribution in [0.2, 0.25) is 10.0 Å². The fraction of sp³-hybridized carbons (Fsp3) is 0.533. The summed E-state index contributed by atoms with van der Waals surface area (Å²) < 4.78 is 0. The fourth-order valence-electron chi connectivity index (χ4n) is 2.78. The largest absolute Gasteiger partial charge is 0.317 e. The van der Waals surface area contributed by atoms with Crippen LogP contribution in [0.25, 0.3) is 0 Å². The summed E-state index contributed by atoms with van der Waals surface area (Å²) in [5.41, 5.74) is 0.655. The molecule has 1 aliphatic heterocycles. The lowest BCUT2D eigenvalue weighted by Crippen LogP contribution is -2.42. The van der Waals surface area contributed by atoms with Crippen molar-refractivity contribution in [3.63, 3.8) is 0 Å². The molecule has 2 nitrogen and oxygen atoms in total. The smallest absolute Gasteiger partial charge is 0.143 e. The molecule has 1 saturated heterocycles. The second-order valence-corrected chi connectivity index (χ2v) is 5.98. The SMILES string of the molecule is CCC1(C(=O)Cc2cccc(Cl)c2Cl)CCNCC1. The average Bonchev–Trinajstić information content (AvgIpc) is 2.44. The molecule has 1 N–H and O–H groups in total. The normalized spacial score (nSPS) is 18.3. The van der Waals surface area contributed by atoms with Crippen LogP contribution in [0.3, 0.4) is 0 Å². The molecule has 0 aromatic heterocycles. The number of ketones is 1. The van der Waals surface area contributed by atoms with E-state index in [1.54, 1.807) is 6.07 Å². The Morgan fingerprint density at radius 3 is 2.63 bits per heavy atom. The van der Waals surface area contributed by atoms with Crippen molar-refractivity contribution in [1.82, 2.24) is 5.32 Å². The van der Waals surface area contributed by atoms with Gasteiger partial charge < -0.3 is 5.32 Å². The quantitative estimate of drug-likeness (QED) is 0.914. The molecule has 4 heteroatoms. The van der Waals surface area contributed by atoms with E-state index in [4.69, 9.17) is 23.2 Å². The van der Waals surface area contributed by atoms with Crippen molar-refractivity contribution in [2.45, 2.75) is 32.6 Å². The van der Waals surface area contributed by atoms with E-state index in [9.17, 15) is 4.79 Å². The first-order chi connectivity index (χ1) is 9.09. The molecule has 19 heavy (non-hydrogen) atoms. The Kier molecular flexibility index (Phi) is 4.88. The van der Waals surface area contributed by atoms with Crippen molar-refractivity contribution in [2.24, 2.45) is 5.41 Å². The van der Waals surface area contributed by atoms with Gasteiger partial charge in [0.05, 0.1) is 10.0 Å². The molecule has 2 rings (SSSR count). The number of rotatable bonds is 4. The predicted octanol–water partition coefficient (Wildman–Crippen LogP) is 3.88. The first-order valence-electron chi connectivity index (χ1n) is 6.76. The molecular formula is C15H19Cl2NO. The van der Waals surface area contributed by atoms with E-state index >= 15 is 0 Å². The number of halogens is 2. The number of hydrogen-bond donors (Lipinski definition) is 1. The summed E-state index contributed by atoms with van der Waals surface area (Å²) in [7, 11) is 0. The number of Topliss-reactive ketones (excluding diaryl/α,β-unsaturated/α-hetero) is 1. The molecule has 1 aliphatic rings. The van der Waals surface area contributed by atoms with Gasteiger partial charge in [-0.15, -0.1) is 0 Å². The third-order valence-corrected chi connectivity index (χ3v) is 5.07. The predicted molar refractivity (Wildman–Crippen MR) is 80.0 cm³/mol. The summed E-state index contributed by atoms with van der Waals surface area (Å²) in [4.78, 5) is 12.7. The zero-order valence-electron chi connectivity index (χ0n) is 11.1. The van der Waals surface area contributed by atoms with Crippen LogP contribution in [0.5, 0.6) is 0 Å². The number of piperidine rings is 1. The summed E-state index contributed by atoms with van der Waals surface area (Å²) in [5.74, 6) is 0.292. The highest BCUT2D eigenvalue weighted by atomic mass is 35.5. The van der Waals surface area contributed by atoms with Crippen molar-refractivity contribution in [2.75, 3.05) is 13.1 Å². The topological polar surface area (TPSA) is 29.1 Å². The van der Waals surface area contributed by atoms with E-state index in [2.05, 4.69) is 12.2 Å². The number of carbonyl (C=O) groups is 1. The van der Waals surface area contributed by atoms with E-state index < -0.39 is 0 Å². The van der Waals surface area contributed by atoms with E-state index in [1.165, 1.54) is 0 Å². The third kappa shape index (κ3) is 3.13. The fourth-order valence-corrected chi connectivity index (χ4v) is 3.17. The van der Waals surface area contributed by atoms with E-state index in [0.29, 0.717) is 22.2 Å². The summed E-state index contributed by atoms with van der Waals surface area (Å²) in [6.45, 7) is 3.94. The van der Waals surface area contributed by atoms with Crippen LogP contribution < -0.4 is 5.32 Å². The number of hydrogen-bond acceptors (Lipinski definition) is 2.